The van der Waals surface area contributed by atoms with E-state index < -0.39 is 0 Å². The SMILES string of the molecule is Cc1ccccc1-n1nncc1Br. The number of hydrogen-bond donors (Lipinski definition) is 0. The Hall–Kier alpha value is -1.16. The largest absolute Gasteiger partial charge is 0.206 e. The van der Waals surface area contributed by atoms with Gasteiger partial charge in [0.15, 0.2) is 0 Å². The molecule has 0 unspecified atom stereocenters. The summed E-state index contributed by atoms with van der Waals surface area (Å²) in [5, 5.41) is 7.77. The summed E-state index contributed by atoms with van der Waals surface area (Å²) in [5.74, 6) is 0. The van der Waals surface area contributed by atoms with Crippen LogP contribution < -0.4 is 0 Å². The molecule has 0 bridgehead atoms. The number of aromatic nitrogens is 3. The Morgan fingerprint density at radius 1 is 1.31 bits per heavy atom. The number of benzene rings is 1. The van der Waals surface area contributed by atoms with Crippen molar-refractivity contribution in [3.63, 3.8) is 0 Å². The van der Waals surface area contributed by atoms with Crippen LogP contribution in [-0.2, 0) is 0 Å². The van der Waals surface area contributed by atoms with E-state index in [2.05, 4.69) is 26.2 Å². The third-order valence-corrected chi connectivity index (χ3v) is 2.39. The molecule has 0 radical (unpaired) electrons. The molecule has 0 saturated heterocycles. The van der Waals surface area contributed by atoms with Crippen molar-refractivity contribution in [2.45, 2.75) is 6.92 Å². The first-order valence-corrected chi connectivity index (χ1v) is 4.70. The van der Waals surface area contributed by atoms with E-state index in [4.69, 9.17) is 0 Å². The van der Waals surface area contributed by atoms with Crippen molar-refractivity contribution in [2.75, 3.05) is 0 Å². The van der Waals surface area contributed by atoms with Crippen LogP contribution >= 0.6 is 15.9 Å². The van der Waals surface area contributed by atoms with Crippen LogP contribution in [0.2, 0.25) is 0 Å². The molecule has 2 aromatic rings. The van der Waals surface area contributed by atoms with Gasteiger partial charge in [-0.25, -0.2) is 4.68 Å². The van der Waals surface area contributed by atoms with Gasteiger partial charge < -0.3 is 0 Å². The number of nitrogens with zero attached hydrogens (tertiary/aromatic N) is 3. The second kappa shape index (κ2) is 3.30. The number of rotatable bonds is 1. The molecule has 1 aromatic heterocycles. The van der Waals surface area contributed by atoms with Gasteiger partial charge in [-0.05, 0) is 34.5 Å². The predicted octanol–water partition coefficient (Wildman–Crippen LogP) is 2.34. The quantitative estimate of drug-likeness (QED) is 0.763. The molecule has 0 aliphatic heterocycles. The van der Waals surface area contributed by atoms with E-state index in [1.807, 2.05) is 31.2 Å². The van der Waals surface area contributed by atoms with Crippen LogP contribution in [-0.4, -0.2) is 15.0 Å². The fraction of sp³-hybridized carbons (Fsp3) is 0.111. The maximum Gasteiger partial charge on any atom is 0.130 e. The van der Waals surface area contributed by atoms with Gasteiger partial charge in [0, 0.05) is 0 Å². The smallest absolute Gasteiger partial charge is 0.130 e. The van der Waals surface area contributed by atoms with Gasteiger partial charge in [0.1, 0.15) is 4.60 Å². The highest BCUT2D eigenvalue weighted by Crippen LogP contribution is 2.17. The van der Waals surface area contributed by atoms with Crippen molar-refractivity contribution in [3.05, 3.63) is 40.6 Å². The average Bonchev–Trinajstić information content (AvgIpc) is 2.52. The molecule has 0 amide bonds. The molecule has 0 aliphatic carbocycles. The summed E-state index contributed by atoms with van der Waals surface area (Å²) >= 11 is 3.38. The lowest BCUT2D eigenvalue weighted by Crippen LogP contribution is -1.98. The average molecular weight is 238 g/mol. The highest BCUT2D eigenvalue weighted by molar-refractivity contribution is 9.10. The second-order valence-electron chi connectivity index (χ2n) is 2.76. The summed E-state index contributed by atoms with van der Waals surface area (Å²) in [6.45, 7) is 2.05. The van der Waals surface area contributed by atoms with Crippen LogP contribution in [0.15, 0.2) is 35.1 Å². The molecule has 1 heterocycles. The van der Waals surface area contributed by atoms with Crippen molar-refractivity contribution in [3.8, 4) is 5.69 Å². The fourth-order valence-electron chi connectivity index (χ4n) is 1.19. The van der Waals surface area contributed by atoms with Crippen LogP contribution in [0, 0.1) is 6.92 Å². The van der Waals surface area contributed by atoms with Gasteiger partial charge >= 0.3 is 0 Å². The molecular formula is C9H8BrN3. The standard InChI is InChI=1S/C9H8BrN3/c1-7-4-2-3-5-8(7)13-9(10)6-11-12-13/h2-6H,1H3. The lowest BCUT2D eigenvalue weighted by Gasteiger charge is -2.04. The summed E-state index contributed by atoms with van der Waals surface area (Å²) in [6.07, 6.45) is 1.67. The maximum atomic E-state index is 3.97. The minimum absolute atomic E-state index is 0.863. The first-order valence-electron chi connectivity index (χ1n) is 3.91. The molecule has 0 fully saturated rings. The van der Waals surface area contributed by atoms with Gasteiger partial charge in [-0.3, -0.25) is 0 Å². The molecule has 0 N–H and O–H groups in total. The summed E-state index contributed by atoms with van der Waals surface area (Å²) in [5.41, 5.74) is 2.22. The Morgan fingerprint density at radius 3 is 2.69 bits per heavy atom. The Kier molecular flexibility index (Phi) is 2.14. The minimum atomic E-state index is 0.863. The van der Waals surface area contributed by atoms with E-state index in [1.165, 1.54) is 5.56 Å². The fourth-order valence-corrected chi connectivity index (χ4v) is 1.54. The Bertz CT molecular complexity index is 422. The Morgan fingerprint density at radius 2 is 2.08 bits per heavy atom. The zero-order chi connectivity index (χ0) is 9.26. The Labute approximate surface area is 84.5 Å². The van der Waals surface area contributed by atoms with Crippen molar-refractivity contribution in [2.24, 2.45) is 0 Å². The monoisotopic (exact) mass is 237 g/mol. The summed E-state index contributed by atoms with van der Waals surface area (Å²) < 4.78 is 2.62. The van der Waals surface area contributed by atoms with E-state index in [-0.39, 0.29) is 0 Å². The molecule has 0 spiro atoms. The highest BCUT2D eigenvalue weighted by Gasteiger charge is 2.04. The molecule has 2 rings (SSSR count). The summed E-state index contributed by atoms with van der Waals surface area (Å²) in [4.78, 5) is 0. The van der Waals surface area contributed by atoms with Crippen molar-refractivity contribution >= 4 is 15.9 Å². The van der Waals surface area contributed by atoms with E-state index in [0.29, 0.717) is 0 Å². The van der Waals surface area contributed by atoms with Gasteiger partial charge in [-0.15, -0.1) is 5.10 Å². The molecule has 4 heteroatoms. The van der Waals surface area contributed by atoms with Crippen LogP contribution in [0.4, 0.5) is 0 Å². The normalized spacial score (nSPS) is 10.3. The zero-order valence-electron chi connectivity index (χ0n) is 7.11. The van der Waals surface area contributed by atoms with Crippen molar-refractivity contribution < 1.29 is 0 Å². The molecular weight excluding hydrogens is 230 g/mol. The molecule has 0 aliphatic rings. The van der Waals surface area contributed by atoms with Crippen LogP contribution in [0.25, 0.3) is 5.69 Å². The first-order chi connectivity index (χ1) is 6.29. The van der Waals surface area contributed by atoms with Gasteiger partial charge in [-0.2, -0.15) is 0 Å². The Balaban J connectivity index is 2.59. The van der Waals surface area contributed by atoms with E-state index in [9.17, 15) is 0 Å². The van der Waals surface area contributed by atoms with Crippen LogP contribution in [0.3, 0.4) is 0 Å². The van der Waals surface area contributed by atoms with Gasteiger partial charge in [-0.1, -0.05) is 23.4 Å². The number of halogens is 1. The van der Waals surface area contributed by atoms with Crippen LogP contribution in [0.5, 0.6) is 0 Å². The number of para-hydroxylation sites is 1. The third kappa shape index (κ3) is 1.49. The van der Waals surface area contributed by atoms with Gasteiger partial charge in [0.2, 0.25) is 0 Å². The second-order valence-corrected chi connectivity index (χ2v) is 3.57. The van der Waals surface area contributed by atoms with Crippen molar-refractivity contribution in [1.82, 2.24) is 15.0 Å². The predicted molar refractivity (Wildman–Crippen MR) is 53.8 cm³/mol. The van der Waals surface area contributed by atoms with E-state index in [0.717, 1.165) is 10.3 Å². The minimum Gasteiger partial charge on any atom is -0.206 e. The molecule has 0 atom stereocenters. The third-order valence-electron chi connectivity index (χ3n) is 1.85. The molecule has 3 nitrogen and oxygen atoms in total. The molecule has 0 saturated carbocycles. The summed E-state index contributed by atoms with van der Waals surface area (Å²) in [6, 6.07) is 8.04. The van der Waals surface area contributed by atoms with E-state index >= 15 is 0 Å². The lowest BCUT2D eigenvalue weighted by atomic mass is 10.2. The van der Waals surface area contributed by atoms with Gasteiger partial charge in [0.25, 0.3) is 0 Å². The highest BCUT2D eigenvalue weighted by atomic mass is 79.9. The number of aryl methyl sites for hydroxylation is 1. The molecule has 1 aromatic carbocycles. The van der Waals surface area contributed by atoms with Gasteiger partial charge in [0.05, 0.1) is 11.9 Å². The molecule has 66 valence electrons. The zero-order valence-corrected chi connectivity index (χ0v) is 8.69. The van der Waals surface area contributed by atoms with Crippen LogP contribution in [0.1, 0.15) is 5.56 Å². The van der Waals surface area contributed by atoms with Crippen molar-refractivity contribution in [1.29, 1.82) is 0 Å². The summed E-state index contributed by atoms with van der Waals surface area (Å²) in [7, 11) is 0. The first kappa shape index (κ1) is 8.44. The number of hydrogen-bond acceptors (Lipinski definition) is 2. The lowest BCUT2D eigenvalue weighted by molar-refractivity contribution is 0.787. The molecule has 13 heavy (non-hydrogen) atoms. The van der Waals surface area contributed by atoms with E-state index in [1.54, 1.807) is 10.9 Å². The topological polar surface area (TPSA) is 30.7 Å². The maximum absolute atomic E-state index is 3.97.